The van der Waals surface area contributed by atoms with E-state index in [0.717, 1.165) is 10.7 Å². The maximum Gasteiger partial charge on any atom is 0.327 e. The van der Waals surface area contributed by atoms with Gasteiger partial charge in [-0.3, -0.25) is 30.0 Å². The van der Waals surface area contributed by atoms with E-state index in [1.807, 2.05) is 10.9 Å². The molecule has 0 saturated heterocycles. The van der Waals surface area contributed by atoms with Gasteiger partial charge in [-0.25, -0.2) is 9.07 Å². The number of amides is 3. The Morgan fingerprint density at radius 3 is 2.41 bits per heavy atom. The Morgan fingerprint density at radius 1 is 1.11 bits per heavy atom. The van der Waals surface area contributed by atoms with Crippen molar-refractivity contribution in [2.24, 2.45) is 0 Å². The summed E-state index contributed by atoms with van der Waals surface area (Å²) in [5, 5.41) is 6.21. The fraction of sp³-hybridized carbons (Fsp3) is 0.235. The number of hydrogen-bond acceptors (Lipinski definition) is 5. The molecule has 0 spiro atoms. The molecule has 142 valence electrons. The Kier molecular flexibility index (Phi) is 6.01. The zero-order chi connectivity index (χ0) is 20.1. The van der Waals surface area contributed by atoms with Crippen LogP contribution < -0.4 is 21.6 Å². The van der Waals surface area contributed by atoms with Crippen LogP contribution in [0.15, 0.2) is 35.1 Å². The van der Waals surface area contributed by atoms with Gasteiger partial charge >= 0.3 is 11.8 Å². The number of aryl methyl sites for hydroxylation is 1. The molecule has 0 fully saturated rings. The van der Waals surface area contributed by atoms with E-state index in [1.54, 1.807) is 19.9 Å². The molecule has 1 aromatic carbocycles. The van der Waals surface area contributed by atoms with Gasteiger partial charge in [-0.2, -0.15) is 5.10 Å². The van der Waals surface area contributed by atoms with E-state index in [9.17, 15) is 23.6 Å². The number of hydrogen-bond donors (Lipinski definition) is 3. The molecule has 0 atom stereocenters. The second kappa shape index (κ2) is 8.21. The summed E-state index contributed by atoms with van der Waals surface area (Å²) in [4.78, 5) is 47.3. The number of halogens is 1. The predicted molar refractivity (Wildman–Crippen MR) is 93.4 cm³/mol. The molecular formula is C17H18FN5O4. The highest BCUT2D eigenvalue weighted by Gasteiger charge is 2.19. The maximum absolute atomic E-state index is 14.0. The number of rotatable bonds is 3. The molecule has 9 nitrogen and oxygen atoms in total. The minimum Gasteiger partial charge on any atom is -0.346 e. The number of hydrazine groups is 1. The van der Waals surface area contributed by atoms with Crippen LogP contribution >= 0.6 is 0 Å². The number of nitrogens with zero attached hydrogens (tertiary/aromatic N) is 2. The summed E-state index contributed by atoms with van der Waals surface area (Å²) in [7, 11) is 0. The first-order valence-corrected chi connectivity index (χ1v) is 7.97. The fourth-order valence-corrected chi connectivity index (χ4v) is 2.13. The minimum absolute atomic E-state index is 0.0457. The summed E-state index contributed by atoms with van der Waals surface area (Å²) in [5.74, 6) is -3.71. The number of carbonyl (C=O) groups is 3. The van der Waals surface area contributed by atoms with Crippen molar-refractivity contribution < 1.29 is 18.8 Å². The van der Waals surface area contributed by atoms with Crippen LogP contribution in [0.4, 0.5) is 4.39 Å². The Labute approximate surface area is 153 Å². The topological polar surface area (TPSA) is 122 Å². The van der Waals surface area contributed by atoms with Gasteiger partial charge < -0.3 is 5.32 Å². The Hall–Kier alpha value is -3.56. The largest absolute Gasteiger partial charge is 0.346 e. The van der Waals surface area contributed by atoms with E-state index < -0.39 is 34.7 Å². The average Bonchev–Trinajstić information content (AvgIpc) is 2.59. The standard InChI is InChI=1S/C17H18FN5O4/c1-9(2)19-16(26)17(27)21-20-15(25)14-13(24)8-10(3)23(22-14)12-7-5-4-6-11(12)18/h4-9H,1-3H3,(H,19,26)(H,20,25)(H,21,27). The average molecular weight is 375 g/mol. The van der Waals surface area contributed by atoms with E-state index >= 15 is 0 Å². The Morgan fingerprint density at radius 2 is 1.78 bits per heavy atom. The first-order chi connectivity index (χ1) is 12.7. The second-order valence-electron chi connectivity index (χ2n) is 5.90. The first kappa shape index (κ1) is 19.8. The van der Waals surface area contributed by atoms with Gasteiger partial charge in [0, 0.05) is 17.8 Å². The SMILES string of the molecule is Cc1cc(=O)c(C(=O)NNC(=O)C(=O)NC(C)C)nn1-c1ccccc1F. The highest BCUT2D eigenvalue weighted by atomic mass is 19.1. The molecule has 0 aliphatic carbocycles. The third kappa shape index (κ3) is 4.75. The fourth-order valence-electron chi connectivity index (χ4n) is 2.13. The number of nitrogens with one attached hydrogen (secondary N) is 3. The number of benzene rings is 1. The first-order valence-electron chi connectivity index (χ1n) is 7.97. The highest BCUT2D eigenvalue weighted by molar-refractivity contribution is 6.35. The summed E-state index contributed by atoms with van der Waals surface area (Å²) in [5.41, 5.74) is 2.88. The van der Waals surface area contributed by atoms with Gasteiger partial charge in [0.05, 0.1) is 0 Å². The molecule has 2 aromatic rings. The number of aromatic nitrogens is 2. The zero-order valence-corrected chi connectivity index (χ0v) is 14.9. The molecule has 3 amide bonds. The quantitative estimate of drug-likeness (QED) is 0.514. The van der Waals surface area contributed by atoms with Crippen molar-refractivity contribution in [2.75, 3.05) is 0 Å². The molecule has 1 aromatic heterocycles. The van der Waals surface area contributed by atoms with Gasteiger partial charge in [-0.1, -0.05) is 12.1 Å². The summed E-state index contributed by atoms with van der Waals surface area (Å²) in [6.45, 7) is 4.84. The monoisotopic (exact) mass is 375 g/mol. The van der Waals surface area contributed by atoms with Crippen molar-refractivity contribution >= 4 is 17.7 Å². The summed E-state index contributed by atoms with van der Waals surface area (Å²) >= 11 is 0. The molecule has 0 unspecified atom stereocenters. The molecular weight excluding hydrogens is 357 g/mol. The smallest absolute Gasteiger partial charge is 0.327 e. The normalized spacial score (nSPS) is 10.4. The summed E-state index contributed by atoms with van der Waals surface area (Å²) in [6.07, 6.45) is 0. The lowest BCUT2D eigenvalue weighted by Gasteiger charge is -2.12. The molecule has 1 heterocycles. The molecule has 0 bridgehead atoms. The molecule has 0 saturated carbocycles. The molecule has 3 N–H and O–H groups in total. The third-order valence-corrected chi connectivity index (χ3v) is 3.32. The van der Waals surface area contributed by atoms with Crippen LogP contribution in [0.2, 0.25) is 0 Å². The minimum atomic E-state index is -1.11. The van der Waals surface area contributed by atoms with Crippen LogP contribution in [0.1, 0.15) is 30.0 Å². The summed E-state index contributed by atoms with van der Waals surface area (Å²) in [6, 6.07) is 6.54. The van der Waals surface area contributed by atoms with Gasteiger partial charge in [0.25, 0.3) is 5.91 Å². The third-order valence-electron chi connectivity index (χ3n) is 3.32. The highest BCUT2D eigenvalue weighted by Crippen LogP contribution is 2.12. The number of para-hydroxylation sites is 1. The van der Waals surface area contributed by atoms with Crippen LogP contribution in [0.25, 0.3) is 5.69 Å². The Balaban J connectivity index is 2.23. The molecule has 10 heteroatoms. The molecule has 0 aliphatic heterocycles. The van der Waals surface area contributed by atoms with E-state index in [2.05, 4.69) is 10.4 Å². The van der Waals surface area contributed by atoms with Crippen molar-refractivity contribution in [2.45, 2.75) is 26.8 Å². The van der Waals surface area contributed by atoms with Crippen molar-refractivity contribution in [1.82, 2.24) is 25.9 Å². The van der Waals surface area contributed by atoms with Crippen LogP contribution in [-0.4, -0.2) is 33.5 Å². The maximum atomic E-state index is 14.0. The van der Waals surface area contributed by atoms with E-state index in [1.165, 1.54) is 25.1 Å². The number of carbonyl (C=O) groups excluding carboxylic acids is 3. The van der Waals surface area contributed by atoms with Gasteiger partial charge in [-0.05, 0) is 32.9 Å². The van der Waals surface area contributed by atoms with Crippen molar-refractivity contribution in [1.29, 1.82) is 0 Å². The summed E-state index contributed by atoms with van der Waals surface area (Å²) < 4.78 is 15.1. The zero-order valence-electron chi connectivity index (χ0n) is 14.9. The van der Waals surface area contributed by atoms with Crippen LogP contribution in [-0.2, 0) is 9.59 Å². The lowest BCUT2D eigenvalue weighted by Crippen LogP contribution is -2.50. The molecule has 2 rings (SSSR count). The Bertz CT molecular complexity index is 955. The van der Waals surface area contributed by atoms with Crippen LogP contribution in [0, 0.1) is 12.7 Å². The molecule has 27 heavy (non-hydrogen) atoms. The van der Waals surface area contributed by atoms with Gasteiger partial charge in [0.2, 0.25) is 5.43 Å². The van der Waals surface area contributed by atoms with E-state index in [4.69, 9.17) is 0 Å². The van der Waals surface area contributed by atoms with Crippen molar-refractivity contribution in [3.63, 3.8) is 0 Å². The van der Waals surface area contributed by atoms with Gasteiger partial charge in [0.15, 0.2) is 5.69 Å². The lowest BCUT2D eigenvalue weighted by molar-refractivity contribution is -0.139. The predicted octanol–water partition coefficient (Wildman–Crippen LogP) is -0.0344. The molecule has 0 aliphatic rings. The van der Waals surface area contributed by atoms with E-state index in [-0.39, 0.29) is 11.7 Å². The van der Waals surface area contributed by atoms with Crippen molar-refractivity contribution in [3.8, 4) is 5.69 Å². The second-order valence-corrected chi connectivity index (χ2v) is 5.90. The van der Waals surface area contributed by atoms with Crippen LogP contribution in [0.3, 0.4) is 0 Å². The molecule has 0 radical (unpaired) electrons. The van der Waals surface area contributed by atoms with Crippen LogP contribution in [0.5, 0.6) is 0 Å². The van der Waals surface area contributed by atoms with Gasteiger partial charge in [0.1, 0.15) is 11.5 Å². The van der Waals surface area contributed by atoms with Crippen molar-refractivity contribution in [3.05, 3.63) is 57.8 Å². The lowest BCUT2D eigenvalue weighted by atomic mass is 10.2. The van der Waals surface area contributed by atoms with E-state index in [0.29, 0.717) is 5.69 Å². The van der Waals surface area contributed by atoms with Gasteiger partial charge in [-0.15, -0.1) is 0 Å².